The Morgan fingerprint density at radius 2 is 0.958 bits per heavy atom. The molecule has 1 saturated heterocycles. The van der Waals surface area contributed by atoms with E-state index in [-0.39, 0.29) is 131 Å². The number of aliphatic hydroxyl groups excluding tert-OH is 2. The van der Waals surface area contributed by atoms with Gasteiger partial charge in [-0.2, -0.15) is 31.4 Å². The van der Waals surface area contributed by atoms with E-state index < -0.39 is 142 Å². The minimum atomic E-state index is -4.83. The molecule has 143 heavy (non-hydrogen) atoms. The Hall–Kier alpha value is -13.4. The number of hydrogen-bond acceptors (Lipinski definition) is 33. The van der Waals surface area contributed by atoms with Crippen LogP contribution in [0.2, 0.25) is 0 Å². The van der Waals surface area contributed by atoms with Crippen LogP contribution in [-0.4, -0.2) is 316 Å². The molecule has 1 aliphatic heterocycles. The van der Waals surface area contributed by atoms with Crippen molar-refractivity contribution >= 4 is 133 Å². The monoisotopic (exact) mass is 2060 g/mol. The Morgan fingerprint density at radius 1 is 0.517 bits per heavy atom. The number of Topliss-reactive ketones (excluding diaryl/α,β-unsaturated/α-hetero) is 2. The fourth-order valence-electron chi connectivity index (χ4n) is 16.1. The van der Waals surface area contributed by atoms with Crippen LogP contribution >= 0.6 is 0 Å². The summed E-state index contributed by atoms with van der Waals surface area (Å²) in [7, 11) is -17.8. The maximum Gasteiger partial charge on any atom is 0.317 e. The van der Waals surface area contributed by atoms with E-state index in [2.05, 4.69) is 82.1 Å². The molecular formula is C92H118N22O25S4. The Labute approximate surface area is 823 Å². The zero-order valence-electron chi connectivity index (χ0n) is 79.6. The molecule has 5 aromatic heterocycles. The zero-order chi connectivity index (χ0) is 104. The Kier molecular flexibility index (Phi) is 39.8. The lowest BCUT2D eigenvalue weighted by Gasteiger charge is -2.34. The number of H-pyrrole nitrogens is 2. The number of carbonyl (C=O) groups is 8. The number of amides is 5. The second-order valence-corrected chi connectivity index (χ2v) is 40.5. The van der Waals surface area contributed by atoms with Gasteiger partial charge in [-0.25, -0.2) is 31.8 Å². The normalized spacial score (nSPS) is 14.2. The van der Waals surface area contributed by atoms with Gasteiger partial charge in [0.05, 0.1) is 57.8 Å². The van der Waals surface area contributed by atoms with E-state index >= 15 is 0 Å². The number of hydrazone groups is 1. The highest BCUT2D eigenvalue weighted by molar-refractivity contribution is 7.90. The van der Waals surface area contributed by atoms with Crippen molar-refractivity contribution < 1.29 is 107 Å². The average molecular weight is 2060 g/mol. The topological polar surface area (TPSA) is 675 Å². The molecule has 47 nitrogen and oxygen atoms in total. The van der Waals surface area contributed by atoms with Gasteiger partial charge in [-0.1, -0.05) is 65.7 Å². The van der Waals surface area contributed by atoms with Crippen LogP contribution in [0.15, 0.2) is 170 Å². The minimum absolute atomic E-state index is 0.00709. The van der Waals surface area contributed by atoms with Gasteiger partial charge in [0.1, 0.15) is 45.2 Å². The van der Waals surface area contributed by atoms with Crippen molar-refractivity contribution in [2.24, 2.45) is 5.10 Å². The smallest absolute Gasteiger partial charge is 0.317 e. The molecule has 5 aromatic carbocycles. The summed E-state index contributed by atoms with van der Waals surface area (Å²) in [5, 5.41) is 71.8. The predicted molar refractivity (Wildman–Crippen MR) is 528 cm³/mol. The first-order chi connectivity index (χ1) is 67.6. The molecular weight excluding hydrogens is 1940 g/mol. The molecule has 0 unspecified atom stereocenters. The molecule has 10 aromatic rings. The molecule has 0 spiro atoms. The predicted octanol–water partition coefficient (Wildman–Crippen LogP) is 0.570. The van der Waals surface area contributed by atoms with E-state index in [4.69, 9.17) is 0 Å². The van der Waals surface area contributed by atoms with Gasteiger partial charge in [-0.15, -0.1) is 0 Å². The van der Waals surface area contributed by atoms with Gasteiger partial charge in [0.15, 0.2) is 24.5 Å². The molecule has 1 fully saturated rings. The molecule has 5 amide bonds. The van der Waals surface area contributed by atoms with Crippen molar-refractivity contribution in [3.8, 4) is 0 Å². The highest BCUT2D eigenvalue weighted by Gasteiger charge is 2.33. The van der Waals surface area contributed by atoms with Gasteiger partial charge in [0, 0.05) is 178 Å². The third-order valence-corrected chi connectivity index (χ3v) is 28.1. The average Bonchev–Trinajstić information content (AvgIpc) is 1.52. The number of sulfonamides is 2. The van der Waals surface area contributed by atoms with Gasteiger partial charge >= 0.3 is 5.97 Å². The summed E-state index contributed by atoms with van der Waals surface area (Å²) < 4.78 is 129. The SMILES string of the molecule is CC(=O)[C@H](CNC(=O)c1cn(CCCNC(=O)CN2CCN(CC(=O)O)CCN(CC(O)O)CCN(CC(O)O)CC2)c2cc(CNc3ncc[nH]3)ccc2c1=O)NS(=O)(=O)c1c(C)cc(C)cc1C.CC(=O)[C@H](CNC(=O)c1cn(CCCNC(=O)[C@H](CS(=O)(=O)O)NC(=O)c2ccc(N/N=C\c3ccccc3S(=O)(=O)O)nc2)c2cc(CNc3ncc[nH]3)ccc2c1=O)NS(=O)(=O)c1c(C)cc(C)cc1C. The Bertz CT molecular complexity index is 6850. The number of pyridine rings is 3. The lowest BCUT2D eigenvalue weighted by atomic mass is 10.1. The van der Waals surface area contributed by atoms with Crippen LogP contribution in [0.5, 0.6) is 0 Å². The molecule has 0 aliphatic carbocycles. The zero-order valence-corrected chi connectivity index (χ0v) is 82.9. The number of nitrogens with one attached hydrogen (secondary N) is 12. The summed E-state index contributed by atoms with van der Waals surface area (Å²) >= 11 is 0. The summed E-state index contributed by atoms with van der Waals surface area (Å²) in [6.07, 6.45) is 8.52. The number of hydrogen-bond donors (Lipinski definition) is 19. The number of β-amino-alcohol motifs (C(OH)–C–C–N with tert-alkyl or cyclic N) is 4. The van der Waals surface area contributed by atoms with Crippen LogP contribution in [0, 0.1) is 41.5 Å². The van der Waals surface area contributed by atoms with E-state index in [0.717, 1.165) is 36.0 Å². The van der Waals surface area contributed by atoms with Crippen molar-refractivity contribution in [1.29, 1.82) is 0 Å². The van der Waals surface area contributed by atoms with Crippen LogP contribution in [0.25, 0.3) is 21.8 Å². The highest BCUT2D eigenvalue weighted by Crippen LogP contribution is 2.26. The number of aliphatic hydroxyl groups is 4. The number of rotatable bonds is 45. The lowest BCUT2D eigenvalue weighted by molar-refractivity contribution is -0.138. The number of imidazole rings is 2. The van der Waals surface area contributed by atoms with E-state index in [0.29, 0.717) is 110 Å². The summed E-state index contributed by atoms with van der Waals surface area (Å²) in [6, 6.07) is 20.4. The first-order valence-electron chi connectivity index (χ1n) is 45.1. The Morgan fingerprint density at radius 3 is 1.36 bits per heavy atom. The number of ketones is 2. The number of aromatic nitrogens is 7. The quantitative estimate of drug-likeness (QED) is 0.00815. The van der Waals surface area contributed by atoms with Gasteiger partial charge in [0.25, 0.3) is 38.0 Å². The molecule has 51 heteroatoms. The first kappa shape index (κ1) is 112. The van der Waals surface area contributed by atoms with Crippen LogP contribution in [-0.2, 0) is 90.4 Å². The fraction of sp³-hybridized carbons (Fsp3) is 0.391. The van der Waals surface area contributed by atoms with Crippen molar-refractivity contribution in [2.75, 3.05) is 127 Å². The summed E-state index contributed by atoms with van der Waals surface area (Å²) in [5.41, 5.74) is 6.60. The third kappa shape index (κ3) is 33.4. The molecule has 0 bridgehead atoms. The molecule has 11 rings (SSSR count). The van der Waals surface area contributed by atoms with E-state index in [1.807, 2.05) is 18.7 Å². The molecule has 0 radical (unpaired) electrons. The van der Waals surface area contributed by atoms with E-state index in [1.165, 1.54) is 61.8 Å². The number of carbonyl (C=O) groups excluding carboxylic acids is 7. The number of aryl methyl sites for hydroxylation is 8. The lowest BCUT2D eigenvalue weighted by Crippen LogP contribution is -2.50. The number of aliphatic carboxylic acids is 1. The van der Waals surface area contributed by atoms with Crippen LogP contribution in [0.4, 0.5) is 17.7 Å². The molecule has 1 aliphatic rings. The number of aromatic amines is 2. The van der Waals surface area contributed by atoms with Gasteiger partial charge in [0.2, 0.25) is 42.7 Å². The standard InChI is InChI=1S/C46H51N11O13S3.C46H67N11O12S/c1-27-18-28(2)42(29(3)19-27)72(66,67)56-36(30(4)58)24-51-44(61)35-25-57(38-20-31(10-12-34(38)41(35)59)21-52-46-48-15-16-49-46)17-7-14-47-45(62)37(26-71(63,64)65)54-43(60)33-11-13-40(50-22-33)55-53-23-32-8-5-6-9-39(32)73(68,69)70;1-30-20-31(2)44(32(3)21-30)70(68,69)52-37(33(4)58)24-50-45(67)36-25-57(38-22-34(6-7-35(38)43(36)66)23-51-46-48-9-10-49-46)11-5-8-47-39(59)26-53-12-14-54(27-40(60)61)16-18-56(29-42(64)65)19-17-55(15-13-53)28-41(62)63/h5-6,8-13,15-16,18-20,22-23,25,36-37,56H,7,14,17,21,24,26H2,1-4H3,(H,47,62)(H,50,55)(H,51,61)(H,54,60)(H2,48,49,52)(H,63,64,65)(H,68,69,70);6-7,9-10,20-22,25,37,40,42,52,60-61,64-65H,5,8,11-19,23-24,26-29H2,1-4H3,(H,47,59)(H,50,67)(H,62,63)(H2,48,49,51)/b53-23-;/t36-,37-;37-/m00/s1. The highest BCUT2D eigenvalue weighted by atomic mass is 32.2. The van der Waals surface area contributed by atoms with Crippen molar-refractivity contribution in [3.63, 3.8) is 0 Å². The number of nitrogens with zero attached hydrogens (tertiary/aromatic N) is 10. The molecule has 6 heterocycles. The maximum absolute atomic E-state index is 14.0. The van der Waals surface area contributed by atoms with Crippen molar-refractivity contribution in [1.82, 2.24) is 89.7 Å². The third-order valence-electron chi connectivity index (χ3n) is 22.8. The first-order valence-corrected chi connectivity index (χ1v) is 51.1. The molecule has 19 N–H and O–H groups in total. The van der Waals surface area contributed by atoms with Crippen LogP contribution < -0.4 is 62.9 Å². The van der Waals surface area contributed by atoms with Gasteiger partial charge in [-0.05, 0) is 144 Å². The second kappa shape index (κ2) is 51.0. The number of fused-ring (bicyclic) bond motifs is 2. The number of carboxylic acids is 1. The number of carboxylic acid groups (broad SMARTS) is 1. The molecule has 0 saturated carbocycles. The largest absolute Gasteiger partial charge is 0.480 e. The van der Waals surface area contributed by atoms with Crippen LogP contribution in [0.3, 0.4) is 0 Å². The van der Waals surface area contributed by atoms with Gasteiger partial charge in [-0.3, -0.25) is 82.1 Å². The summed E-state index contributed by atoms with van der Waals surface area (Å²) in [5.74, 6) is -6.30. The van der Waals surface area contributed by atoms with Crippen molar-refractivity contribution in [2.45, 2.75) is 140 Å². The summed E-state index contributed by atoms with van der Waals surface area (Å²) in [6.45, 7) is 14.6. The second-order valence-electron chi connectivity index (χ2n) is 34.3. The van der Waals surface area contributed by atoms with Gasteiger partial charge < -0.3 is 81.9 Å². The fourth-order valence-corrected chi connectivity index (χ4v) is 20.9. The maximum atomic E-state index is 14.0. The van der Waals surface area contributed by atoms with E-state index in [9.17, 15) is 116 Å². The van der Waals surface area contributed by atoms with Crippen molar-refractivity contribution in [3.05, 3.63) is 228 Å². The molecule has 770 valence electrons. The number of anilines is 3. The van der Waals surface area contributed by atoms with Crippen LogP contribution in [0.1, 0.15) is 108 Å². The van der Waals surface area contributed by atoms with E-state index in [1.54, 1.807) is 131 Å². The molecule has 3 atom stereocenters. The minimum Gasteiger partial charge on any atom is -0.480 e. The summed E-state index contributed by atoms with van der Waals surface area (Å²) in [4.78, 5) is 158. The number of benzene rings is 5. The Balaban J connectivity index is 0.000000294.